The number of amides is 1. The van der Waals surface area contributed by atoms with Crippen molar-refractivity contribution in [3.63, 3.8) is 0 Å². The highest BCUT2D eigenvalue weighted by Gasteiger charge is 2.12. The minimum absolute atomic E-state index is 0.0965. The highest BCUT2D eigenvalue weighted by molar-refractivity contribution is 7.09. The van der Waals surface area contributed by atoms with Gasteiger partial charge in [-0.05, 0) is 24.1 Å². The van der Waals surface area contributed by atoms with Gasteiger partial charge in [0.1, 0.15) is 11.4 Å². The Hall–Kier alpha value is -2.41. The molecule has 134 valence electrons. The van der Waals surface area contributed by atoms with Crippen LogP contribution < -0.4 is 10.1 Å². The fraction of sp³-hybridized carbons (Fsp3) is 0.389. The van der Waals surface area contributed by atoms with Crippen LogP contribution in [0.5, 0.6) is 5.75 Å². The second-order valence-electron chi connectivity index (χ2n) is 5.90. The molecule has 1 amide bonds. The number of nitrogens with one attached hydrogen (secondary N) is 1. The molecule has 0 fully saturated rings. The molecular weight excluding hydrogens is 340 g/mol. The van der Waals surface area contributed by atoms with Crippen molar-refractivity contribution in [2.75, 3.05) is 6.61 Å². The van der Waals surface area contributed by atoms with Crippen LogP contribution in [0, 0.1) is 0 Å². The van der Waals surface area contributed by atoms with E-state index in [-0.39, 0.29) is 12.3 Å². The Morgan fingerprint density at radius 2 is 2.00 bits per heavy atom. The average Bonchev–Trinajstić information content (AvgIpc) is 3.08. The number of rotatable bonds is 9. The van der Waals surface area contributed by atoms with E-state index in [1.165, 1.54) is 11.3 Å². The molecule has 2 rings (SSSR count). The SMILES string of the molecule is CC(C)c1nc(C(=O)NCc2ccc(OCCCC(=O)O)cc2)cs1. The van der Waals surface area contributed by atoms with Crippen LogP contribution in [0.4, 0.5) is 0 Å². The summed E-state index contributed by atoms with van der Waals surface area (Å²) in [4.78, 5) is 26.9. The Balaban J connectivity index is 1.78. The Labute approximate surface area is 150 Å². The van der Waals surface area contributed by atoms with E-state index in [1.54, 1.807) is 5.38 Å². The summed E-state index contributed by atoms with van der Waals surface area (Å²) in [5.41, 5.74) is 1.40. The number of aliphatic carboxylic acids is 1. The quantitative estimate of drug-likeness (QED) is 0.667. The predicted molar refractivity (Wildman–Crippen MR) is 96.2 cm³/mol. The lowest BCUT2D eigenvalue weighted by atomic mass is 10.2. The van der Waals surface area contributed by atoms with Gasteiger partial charge in [-0.15, -0.1) is 11.3 Å². The number of hydrogen-bond donors (Lipinski definition) is 2. The number of benzene rings is 1. The number of hydrogen-bond acceptors (Lipinski definition) is 5. The normalized spacial score (nSPS) is 10.7. The van der Waals surface area contributed by atoms with Crippen LogP contribution in [-0.2, 0) is 11.3 Å². The fourth-order valence-electron chi connectivity index (χ4n) is 2.05. The van der Waals surface area contributed by atoms with E-state index in [9.17, 15) is 9.59 Å². The lowest BCUT2D eigenvalue weighted by molar-refractivity contribution is -0.137. The molecule has 0 atom stereocenters. The first kappa shape index (κ1) is 18.9. The number of carbonyl (C=O) groups is 2. The Morgan fingerprint density at radius 3 is 2.60 bits per heavy atom. The van der Waals surface area contributed by atoms with Crippen molar-refractivity contribution in [2.45, 2.75) is 39.2 Å². The maximum Gasteiger partial charge on any atom is 0.303 e. The number of ether oxygens (including phenoxy) is 1. The topological polar surface area (TPSA) is 88.5 Å². The monoisotopic (exact) mass is 362 g/mol. The first-order valence-electron chi connectivity index (χ1n) is 8.13. The third-order valence-electron chi connectivity index (χ3n) is 3.43. The Bertz CT molecular complexity index is 710. The van der Waals surface area contributed by atoms with Crippen molar-refractivity contribution in [2.24, 2.45) is 0 Å². The van der Waals surface area contributed by atoms with E-state index >= 15 is 0 Å². The predicted octanol–water partition coefficient (Wildman–Crippen LogP) is 3.44. The van der Waals surface area contributed by atoms with Crippen molar-refractivity contribution < 1.29 is 19.4 Å². The van der Waals surface area contributed by atoms with E-state index in [4.69, 9.17) is 9.84 Å². The van der Waals surface area contributed by atoms with Crippen LogP contribution in [0.25, 0.3) is 0 Å². The molecule has 25 heavy (non-hydrogen) atoms. The van der Waals surface area contributed by atoms with Crippen LogP contribution in [-0.4, -0.2) is 28.6 Å². The molecule has 1 heterocycles. The summed E-state index contributed by atoms with van der Waals surface area (Å²) in [5.74, 6) is -0.0106. The third kappa shape index (κ3) is 6.19. The van der Waals surface area contributed by atoms with Gasteiger partial charge in [0, 0.05) is 24.3 Å². The van der Waals surface area contributed by atoms with Crippen LogP contribution >= 0.6 is 11.3 Å². The highest BCUT2D eigenvalue weighted by atomic mass is 32.1. The van der Waals surface area contributed by atoms with E-state index in [0.29, 0.717) is 36.9 Å². The number of nitrogens with zero attached hydrogens (tertiary/aromatic N) is 1. The zero-order valence-corrected chi connectivity index (χ0v) is 15.1. The van der Waals surface area contributed by atoms with Crippen molar-refractivity contribution in [3.8, 4) is 5.75 Å². The van der Waals surface area contributed by atoms with Crippen molar-refractivity contribution >= 4 is 23.2 Å². The summed E-state index contributed by atoms with van der Waals surface area (Å²) in [6.45, 7) is 4.87. The second kappa shape index (κ2) is 9.17. The maximum atomic E-state index is 12.1. The van der Waals surface area contributed by atoms with Crippen LogP contribution in [0.1, 0.15) is 53.7 Å². The Kier molecular flexibility index (Phi) is 6.94. The molecule has 0 aliphatic heterocycles. The van der Waals surface area contributed by atoms with Gasteiger partial charge in [0.25, 0.3) is 5.91 Å². The van der Waals surface area contributed by atoms with Gasteiger partial charge in [0.2, 0.25) is 0 Å². The second-order valence-corrected chi connectivity index (χ2v) is 6.79. The molecule has 0 unspecified atom stereocenters. The molecule has 2 N–H and O–H groups in total. The molecule has 0 radical (unpaired) electrons. The van der Waals surface area contributed by atoms with Crippen molar-refractivity contribution in [1.82, 2.24) is 10.3 Å². The molecule has 1 aromatic carbocycles. The van der Waals surface area contributed by atoms with Crippen LogP contribution in [0.15, 0.2) is 29.6 Å². The molecule has 0 saturated heterocycles. The molecule has 6 nitrogen and oxygen atoms in total. The Morgan fingerprint density at radius 1 is 1.28 bits per heavy atom. The zero-order valence-electron chi connectivity index (χ0n) is 14.3. The molecule has 1 aromatic heterocycles. The lowest BCUT2D eigenvalue weighted by Crippen LogP contribution is -2.23. The molecule has 0 aliphatic rings. The lowest BCUT2D eigenvalue weighted by Gasteiger charge is -2.07. The van der Waals surface area contributed by atoms with Gasteiger partial charge >= 0.3 is 5.97 Å². The fourth-order valence-corrected chi connectivity index (χ4v) is 2.86. The van der Waals surface area contributed by atoms with Crippen molar-refractivity contribution in [3.05, 3.63) is 45.9 Å². The first-order valence-corrected chi connectivity index (χ1v) is 9.01. The molecule has 0 aliphatic carbocycles. The summed E-state index contributed by atoms with van der Waals surface area (Å²) in [5, 5.41) is 14.1. The number of carboxylic acid groups (broad SMARTS) is 1. The largest absolute Gasteiger partial charge is 0.494 e. The highest BCUT2D eigenvalue weighted by Crippen LogP contribution is 2.19. The van der Waals surface area contributed by atoms with E-state index < -0.39 is 5.97 Å². The van der Waals surface area contributed by atoms with Gasteiger partial charge in [-0.3, -0.25) is 9.59 Å². The average molecular weight is 362 g/mol. The molecular formula is C18H22N2O4S. The van der Waals surface area contributed by atoms with E-state index in [1.807, 2.05) is 38.1 Å². The molecule has 2 aromatic rings. The number of carboxylic acids is 1. The first-order chi connectivity index (χ1) is 12.0. The molecule has 7 heteroatoms. The number of thiazole rings is 1. The number of carbonyl (C=O) groups excluding carboxylic acids is 1. The number of aromatic nitrogens is 1. The zero-order chi connectivity index (χ0) is 18.2. The van der Waals surface area contributed by atoms with E-state index in [2.05, 4.69) is 10.3 Å². The van der Waals surface area contributed by atoms with Crippen LogP contribution in [0.3, 0.4) is 0 Å². The standard InChI is InChI=1S/C18H22N2O4S/c1-12(2)18-20-15(11-25-18)17(23)19-10-13-5-7-14(8-6-13)24-9-3-4-16(21)22/h5-8,11-12H,3-4,9-10H2,1-2H3,(H,19,23)(H,21,22). The van der Waals surface area contributed by atoms with Crippen LogP contribution in [0.2, 0.25) is 0 Å². The molecule has 0 saturated carbocycles. The van der Waals surface area contributed by atoms with Gasteiger partial charge in [-0.25, -0.2) is 4.98 Å². The van der Waals surface area contributed by atoms with Crippen molar-refractivity contribution in [1.29, 1.82) is 0 Å². The molecule has 0 spiro atoms. The van der Waals surface area contributed by atoms with Gasteiger partial charge in [0.05, 0.1) is 11.6 Å². The third-order valence-corrected chi connectivity index (χ3v) is 4.57. The minimum Gasteiger partial charge on any atom is -0.494 e. The van der Waals surface area contributed by atoms with E-state index in [0.717, 1.165) is 10.6 Å². The summed E-state index contributed by atoms with van der Waals surface area (Å²) in [6.07, 6.45) is 0.568. The smallest absolute Gasteiger partial charge is 0.303 e. The van der Waals surface area contributed by atoms with Gasteiger partial charge in [-0.1, -0.05) is 26.0 Å². The van der Waals surface area contributed by atoms with Gasteiger partial charge in [0.15, 0.2) is 0 Å². The molecule has 0 bridgehead atoms. The maximum absolute atomic E-state index is 12.1. The minimum atomic E-state index is -0.824. The summed E-state index contributed by atoms with van der Waals surface area (Å²) < 4.78 is 5.47. The summed E-state index contributed by atoms with van der Waals surface area (Å²) >= 11 is 1.50. The van der Waals surface area contributed by atoms with Gasteiger partial charge < -0.3 is 15.2 Å². The summed E-state index contributed by atoms with van der Waals surface area (Å²) in [6, 6.07) is 7.35. The van der Waals surface area contributed by atoms with Gasteiger partial charge in [-0.2, -0.15) is 0 Å². The summed E-state index contributed by atoms with van der Waals surface area (Å²) in [7, 11) is 0.